The van der Waals surface area contributed by atoms with Crippen LogP contribution in [0.1, 0.15) is 0 Å². The van der Waals surface area contributed by atoms with E-state index in [0.29, 0.717) is 0 Å². The van der Waals surface area contributed by atoms with Crippen LogP contribution in [0.3, 0.4) is 0 Å². The lowest BCUT2D eigenvalue weighted by Crippen LogP contribution is -2.81. The van der Waals surface area contributed by atoms with Gasteiger partial charge < -0.3 is 0 Å². The Morgan fingerprint density at radius 2 is 0.392 bits per heavy atom. The summed E-state index contributed by atoms with van der Waals surface area (Å²) in [6.45, 7) is 0. The summed E-state index contributed by atoms with van der Waals surface area (Å²) in [7, 11) is 0. The summed E-state index contributed by atoms with van der Waals surface area (Å²) in [5.41, 5.74) is -14.3. The first-order valence-corrected chi connectivity index (χ1v) is 12.7. The summed E-state index contributed by atoms with van der Waals surface area (Å²) >= 11 is 0. The molecule has 4 aromatic carbocycles. The fourth-order valence-corrected chi connectivity index (χ4v) is 5.17. The van der Waals surface area contributed by atoms with E-state index >= 15 is 35.1 Å². The Kier molecular flexibility index (Phi) is 10.4. The Morgan fingerprint density at radius 1 is 0.235 bits per heavy atom. The Morgan fingerprint density at radius 3 is 0.510 bits per heavy atom. The monoisotopic (exact) mass is 760 g/mol. The Hall–Kier alpha value is -5.31. The normalized spacial score (nSPS) is 11.5. The highest BCUT2D eigenvalue weighted by Gasteiger charge is 2.52. The van der Waals surface area contributed by atoms with Gasteiger partial charge in [0.2, 0.25) is 0 Å². The predicted molar refractivity (Wildman–Crippen MR) is 132 cm³/mol. The molecule has 0 bridgehead atoms. The molecule has 0 unspecified atom stereocenters. The molecule has 22 heteroatoms. The molecule has 1 heterocycles. The molecule has 1 aromatic heterocycles. The molecule has 0 saturated carbocycles. The maximum Gasteiger partial charge on any atom is 0.317 e. The minimum Gasteiger partial charge on any atom is -0.224 e. The van der Waals surface area contributed by atoms with E-state index in [2.05, 4.69) is 4.42 Å². The van der Waals surface area contributed by atoms with Gasteiger partial charge >= 0.3 is 12.5 Å². The lowest BCUT2D eigenvalue weighted by atomic mass is 9.12. The van der Waals surface area contributed by atoms with Gasteiger partial charge in [-0.05, 0) is 6.07 Å². The van der Waals surface area contributed by atoms with Crippen LogP contribution in [0.15, 0.2) is 35.1 Å². The van der Waals surface area contributed by atoms with Crippen LogP contribution in [0.25, 0.3) is 0 Å². The van der Waals surface area contributed by atoms with Crippen LogP contribution in [0.5, 0.6) is 0 Å². The number of hydrogen-bond donors (Lipinski definition) is 0. The molecule has 51 heavy (non-hydrogen) atoms. The fraction of sp³-hybridized carbons (Fsp3) is 0. The van der Waals surface area contributed by atoms with Crippen LogP contribution in [0.2, 0.25) is 0 Å². The van der Waals surface area contributed by atoms with E-state index in [-0.39, 0.29) is 0 Å². The van der Waals surface area contributed by atoms with Crippen molar-refractivity contribution in [3.8, 4) is 0 Å². The molecular weight excluding hydrogens is 755 g/mol. The van der Waals surface area contributed by atoms with E-state index in [1.165, 1.54) is 0 Å². The third kappa shape index (κ3) is 5.59. The third-order valence-electron chi connectivity index (χ3n) is 7.24. The predicted octanol–water partition coefficient (Wildman–Crippen LogP) is 7.41. The highest BCUT2D eigenvalue weighted by atomic mass is 19.2. The molecule has 0 radical (unpaired) electrons. The van der Waals surface area contributed by atoms with E-state index in [1.807, 2.05) is 18.2 Å². The molecule has 1 nitrogen and oxygen atoms in total. The van der Waals surface area contributed by atoms with Gasteiger partial charge in [0.25, 0.3) is 0 Å². The van der Waals surface area contributed by atoms with Gasteiger partial charge in [0.1, 0.15) is 52.7 Å². The van der Waals surface area contributed by atoms with E-state index in [1.54, 1.807) is 12.5 Å². The zero-order valence-corrected chi connectivity index (χ0v) is 23.4. The van der Waals surface area contributed by atoms with Crippen LogP contribution in [-0.4, -0.2) is 6.15 Å². The molecule has 0 spiro atoms. The smallest absolute Gasteiger partial charge is 0.224 e. The summed E-state index contributed by atoms with van der Waals surface area (Å²) in [6.07, 6.45) is -3.97. The second-order valence-corrected chi connectivity index (χ2v) is 9.79. The maximum absolute atomic E-state index is 15.4. The second kappa shape index (κ2) is 13.8. The molecule has 0 amide bonds. The van der Waals surface area contributed by atoms with Gasteiger partial charge in [-0.25, -0.2) is 92.2 Å². The first-order chi connectivity index (χ1) is 23.7. The van der Waals surface area contributed by atoms with Crippen molar-refractivity contribution in [3.63, 3.8) is 0 Å². The number of rotatable bonds is 4. The zero-order chi connectivity index (χ0) is 38.6. The molecule has 270 valence electrons. The van der Waals surface area contributed by atoms with Crippen LogP contribution in [0.4, 0.5) is 87.8 Å². The average molecular weight is 760 g/mol. The van der Waals surface area contributed by atoms with Crippen molar-refractivity contribution < 1.29 is 92.2 Å². The summed E-state index contributed by atoms with van der Waals surface area (Å²) in [5.74, 6) is -71.4. The molecule has 0 aliphatic rings. The van der Waals surface area contributed by atoms with Gasteiger partial charge in [-0.3, -0.25) is 0 Å². The molecule has 0 saturated heterocycles. The highest BCUT2D eigenvalue weighted by Crippen LogP contribution is 2.30. The molecule has 0 N–H and O–H groups in total. The van der Waals surface area contributed by atoms with Gasteiger partial charge in [-0.15, -0.1) is 21.9 Å². The van der Waals surface area contributed by atoms with Gasteiger partial charge in [-0.2, -0.15) is 0 Å². The van der Waals surface area contributed by atoms with Crippen molar-refractivity contribution in [2.24, 2.45) is 0 Å². The number of halogens is 20. The third-order valence-corrected chi connectivity index (χ3v) is 7.24. The van der Waals surface area contributed by atoms with Crippen molar-refractivity contribution in [1.29, 1.82) is 0 Å². The lowest BCUT2D eigenvalue weighted by Gasteiger charge is -2.44. The molecule has 5 aromatic rings. The lowest BCUT2D eigenvalue weighted by molar-refractivity contribution is 0.378. The first-order valence-electron chi connectivity index (χ1n) is 12.7. The Labute approximate surface area is 267 Å². The van der Waals surface area contributed by atoms with Crippen molar-refractivity contribution in [3.05, 3.63) is 147 Å². The second-order valence-electron chi connectivity index (χ2n) is 9.79. The molecule has 0 aliphatic carbocycles. The largest absolute Gasteiger partial charge is 0.317 e. The maximum atomic E-state index is 15.4. The summed E-state index contributed by atoms with van der Waals surface area (Å²) in [4.78, 5) is 0. The van der Waals surface area contributed by atoms with E-state index in [0.717, 1.165) is 0 Å². The van der Waals surface area contributed by atoms with E-state index in [9.17, 15) is 52.7 Å². The minimum atomic E-state index is -7.22. The van der Waals surface area contributed by atoms with Crippen molar-refractivity contribution in [2.75, 3.05) is 0 Å². The topological polar surface area (TPSA) is 11.3 Å². The van der Waals surface area contributed by atoms with Crippen LogP contribution < -0.4 is 21.9 Å². The molecule has 0 atom stereocenters. The van der Waals surface area contributed by atoms with Gasteiger partial charge in [-0.1, -0.05) is 0 Å². The van der Waals surface area contributed by atoms with Crippen molar-refractivity contribution in [2.45, 2.75) is 0 Å². The van der Waals surface area contributed by atoms with E-state index in [4.69, 9.17) is 0 Å². The van der Waals surface area contributed by atoms with Crippen LogP contribution in [-0.2, 0) is 0 Å². The average Bonchev–Trinajstić information content (AvgIpc) is 3.12. The SMILES string of the molecule is Fc1c(F)c(F)c([B-](c2c(F)c(F)c(F)c(F)c2F)(c2c(F)c(F)c(F)c(F)c2F)c2c(F)c(F)c(F)c(F)c2F)c(F)c1F.c1cc[o+]cc1. The standard InChI is InChI=1S/C24BF20.C5H5O/c26-5-1(6(27)14(35)21(42)13(5)34)25(2-7(28)15(36)22(43)16(37)8(2)29,3-9(30)17(38)23(44)18(39)10(3)31)4-11(32)19(40)24(45)20(41)12(4)33;1-2-4-6-5-3-1/h;1-5H/q-1;+1. The number of benzene rings is 4. The molecule has 5 rings (SSSR count). The Bertz CT molecular complexity index is 1800. The quantitative estimate of drug-likeness (QED) is 0.0612. The first kappa shape index (κ1) is 38.5. The van der Waals surface area contributed by atoms with Crippen LogP contribution in [0, 0.1) is 116 Å². The minimum absolute atomic E-state index is 1.62. The summed E-state index contributed by atoms with van der Waals surface area (Å²) in [6, 6.07) is 5.57. The van der Waals surface area contributed by atoms with E-state index < -0.39 is 144 Å². The van der Waals surface area contributed by atoms with Crippen LogP contribution >= 0.6 is 0 Å². The molecule has 0 aliphatic heterocycles. The molecular formula is C29H5BF20O. The van der Waals surface area contributed by atoms with Gasteiger partial charge in [0.05, 0.1) is 0 Å². The number of hydrogen-bond acceptors (Lipinski definition) is 0. The highest BCUT2D eigenvalue weighted by molar-refractivity contribution is 7.20. The van der Waals surface area contributed by atoms with Crippen molar-refractivity contribution >= 4 is 28.0 Å². The van der Waals surface area contributed by atoms with Crippen molar-refractivity contribution in [1.82, 2.24) is 0 Å². The fourth-order valence-electron chi connectivity index (χ4n) is 5.17. The summed E-state index contributed by atoms with van der Waals surface area (Å²) in [5, 5.41) is 0. The summed E-state index contributed by atoms with van der Waals surface area (Å²) < 4.78 is 299. The zero-order valence-electron chi connectivity index (χ0n) is 23.4. The van der Waals surface area contributed by atoms with Gasteiger partial charge in [0.15, 0.2) is 69.8 Å². The van der Waals surface area contributed by atoms with Gasteiger partial charge in [0, 0.05) is 12.1 Å². The Balaban J connectivity index is 0.000000878. The molecule has 0 fully saturated rings.